The molecule has 1 aliphatic carbocycles. The number of hydrogen-bond acceptors (Lipinski definition) is 3. The van der Waals surface area contributed by atoms with Crippen molar-refractivity contribution in [2.24, 2.45) is 10.4 Å². The smallest absolute Gasteiger partial charge is 0.184 e. The maximum atomic E-state index is 12.7. The van der Waals surface area contributed by atoms with Crippen LogP contribution in [0.2, 0.25) is 0 Å². The van der Waals surface area contributed by atoms with Gasteiger partial charge < -0.3 is 9.47 Å². The molecule has 4 nitrogen and oxygen atoms in total. The summed E-state index contributed by atoms with van der Waals surface area (Å²) in [5.74, 6) is 0.163. The Morgan fingerprint density at radius 1 is 1.07 bits per heavy atom. The molecule has 5 rings (SSSR count). The summed E-state index contributed by atoms with van der Waals surface area (Å²) < 4.78 is 2.51. The third-order valence-electron chi connectivity index (χ3n) is 6.58. The van der Waals surface area contributed by atoms with Gasteiger partial charge in [0.25, 0.3) is 0 Å². The second kappa shape index (κ2) is 6.30. The van der Waals surface area contributed by atoms with Crippen molar-refractivity contribution in [1.29, 1.82) is 0 Å². The van der Waals surface area contributed by atoms with Gasteiger partial charge in [0.2, 0.25) is 0 Å². The molecular formula is C23H29N3O. The fourth-order valence-corrected chi connectivity index (χ4v) is 5.30. The van der Waals surface area contributed by atoms with Gasteiger partial charge in [0.1, 0.15) is 6.54 Å². The molecule has 142 valence electrons. The third-order valence-corrected chi connectivity index (χ3v) is 6.58. The van der Waals surface area contributed by atoms with Gasteiger partial charge in [0.05, 0.1) is 0 Å². The summed E-state index contributed by atoms with van der Waals surface area (Å²) in [6.45, 7) is 9.52. The predicted molar refractivity (Wildman–Crippen MR) is 110 cm³/mol. The number of likely N-dealkylation sites (tertiary alicyclic amines) is 1. The molecule has 4 heteroatoms. The molecule has 0 amide bonds. The zero-order chi connectivity index (χ0) is 18.6. The number of benzene rings is 1. The number of carbonyl (C=O) groups excluding carboxylic acids is 1. The van der Waals surface area contributed by atoms with Gasteiger partial charge in [0, 0.05) is 46.5 Å². The van der Waals surface area contributed by atoms with E-state index in [2.05, 4.69) is 35.4 Å². The van der Waals surface area contributed by atoms with Crippen molar-refractivity contribution in [2.75, 3.05) is 26.2 Å². The minimum absolute atomic E-state index is 0.163. The standard InChI is InChI=1S/C23H29N3O/c1-23(2)13-17-22-19(14-23)26(12-11-25-9-4-3-5-10-25)18-8-6-7-16(21(18)22)20(27)15-24-17/h6-8H,3-5,9-15H2,1-2H3. The molecule has 2 aliphatic heterocycles. The lowest BCUT2D eigenvalue weighted by Crippen LogP contribution is -2.34. The first-order chi connectivity index (χ1) is 13.0. The number of ketones is 1. The Labute approximate surface area is 161 Å². The molecule has 2 aromatic rings. The molecule has 0 spiro atoms. The summed E-state index contributed by atoms with van der Waals surface area (Å²) in [7, 11) is 0. The first-order valence-electron chi connectivity index (χ1n) is 10.5. The van der Waals surface area contributed by atoms with Crippen LogP contribution in [0, 0.1) is 5.41 Å². The average Bonchev–Trinajstić information content (AvgIpc) is 2.89. The Hall–Kier alpha value is -1.94. The van der Waals surface area contributed by atoms with Crippen molar-refractivity contribution in [1.82, 2.24) is 9.47 Å². The van der Waals surface area contributed by atoms with Gasteiger partial charge in [-0.15, -0.1) is 0 Å². The summed E-state index contributed by atoms with van der Waals surface area (Å²) in [6, 6.07) is 6.25. The van der Waals surface area contributed by atoms with Crippen LogP contribution in [0.5, 0.6) is 0 Å². The molecular weight excluding hydrogens is 334 g/mol. The SMILES string of the molecule is CC1(C)CC2=NCC(=O)c3cccc4c3c2c(n4CCN2CCCCC2)C1. The van der Waals surface area contributed by atoms with Crippen LogP contribution in [0.25, 0.3) is 10.9 Å². The van der Waals surface area contributed by atoms with Crippen LogP contribution in [-0.4, -0.2) is 47.1 Å². The van der Waals surface area contributed by atoms with Crippen molar-refractivity contribution in [3.8, 4) is 0 Å². The van der Waals surface area contributed by atoms with Gasteiger partial charge in [0.15, 0.2) is 5.78 Å². The highest BCUT2D eigenvalue weighted by molar-refractivity contribution is 6.22. The van der Waals surface area contributed by atoms with Crippen LogP contribution in [0.3, 0.4) is 0 Å². The van der Waals surface area contributed by atoms with Crippen LogP contribution >= 0.6 is 0 Å². The van der Waals surface area contributed by atoms with Gasteiger partial charge in [-0.1, -0.05) is 32.4 Å². The van der Waals surface area contributed by atoms with E-state index in [0.717, 1.165) is 37.2 Å². The number of Topliss-reactive ketones (excluding diaryl/α,β-unsaturated/α-hetero) is 1. The number of piperidine rings is 1. The second-order valence-electron chi connectivity index (χ2n) is 9.28. The molecule has 0 radical (unpaired) electrons. The van der Waals surface area contributed by atoms with Crippen molar-refractivity contribution in [3.05, 3.63) is 35.0 Å². The maximum Gasteiger partial charge on any atom is 0.184 e. The van der Waals surface area contributed by atoms with Crippen molar-refractivity contribution < 1.29 is 4.79 Å². The highest BCUT2D eigenvalue weighted by Crippen LogP contribution is 2.42. The Kier molecular flexibility index (Phi) is 4.01. The van der Waals surface area contributed by atoms with E-state index in [0.29, 0.717) is 6.54 Å². The molecule has 1 aromatic heterocycles. The zero-order valence-electron chi connectivity index (χ0n) is 16.6. The Balaban J connectivity index is 1.65. The maximum absolute atomic E-state index is 12.7. The van der Waals surface area contributed by atoms with Gasteiger partial charge in [-0.2, -0.15) is 0 Å². The van der Waals surface area contributed by atoms with Crippen LogP contribution in [0.15, 0.2) is 23.2 Å². The number of aliphatic imine (C=N–C) groups is 1. The number of nitrogens with zero attached hydrogens (tertiary/aromatic N) is 3. The second-order valence-corrected chi connectivity index (χ2v) is 9.28. The fourth-order valence-electron chi connectivity index (χ4n) is 5.30. The minimum Gasteiger partial charge on any atom is -0.343 e. The van der Waals surface area contributed by atoms with E-state index in [4.69, 9.17) is 4.99 Å². The number of carbonyl (C=O) groups is 1. The summed E-state index contributed by atoms with van der Waals surface area (Å²) in [4.78, 5) is 20.1. The lowest BCUT2D eigenvalue weighted by molar-refractivity contribution is 0.100. The van der Waals surface area contributed by atoms with E-state index in [1.54, 1.807) is 0 Å². The molecule has 0 bridgehead atoms. The molecule has 3 heterocycles. The van der Waals surface area contributed by atoms with Crippen molar-refractivity contribution >= 4 is 22.4 Å². The Morgan fingerprint density at radius 3 is 2.70 bits per heavy atom. The molecule has 27 heavy (non-hydrogen) atoms. The van der Waals surface area contributed by atoms with Gasteiger partial charge in [-0.25, -0.2) is 0 Å². The third kappa shape index (κ3) is 2.85. The molecule has 0 saturated carbocycles. The zero-order valence-corrected chi connectivity index (χ0v) is 16.6. The highest BCUT2D eigenvalue weighted by atomic mass is 16.1. The van der Waals surface area contributed by atoms with E-state index >= 15 is 0 Å². The van der Waals surface area contributed by atoms with Crippen molar-refractivity contribution in [2.45, 2.75) is 52.5 Å². The monoisotopic (exact) mass is 363 g/mol. The number of rotatable bonds is 3. The van der Waals surface area contributed by atoms with E-state index < -0.39 is 0 Å². The number of hydrogen-bond donors (Lipinski definition) is 0. The van der Waals surface area contributed by atoms with Gasteiger partial charge in [-0.3, -0.25) is 9.79 Å². The molecule has 0 N–H and O–H groups in total. The Morgan fingerprint density at radius 2 is 1.89 bits per heavy atom. The first-order valence-corrected chi connectivity index (χ1v) is 10.5. The largest absolute Gasteiger partial charge is 0.343 e. The van der Waals surface area contributed by atoms with Crippen molar-refractivity contribution in [3.63, 3.8) is 0 Å². The normalized spacial score (nSPS) is 22.0. The summed E-state index contributed by atoms with van der Waals surface area (Å²) in [5.41, 5.74) is 6.13. The molecule has 1 aromatic carbocycles. The van der Waals surface area contributed by atoms with E-state index in [1.807, 2.05) is 6.07 Å². The summed E-state index contributed by atoms with van der Waals surface area (Å²) in [6.07, 6.45) is 6.05. The van der Waals surface area contributed by atoms with E-state index in [1.165, 1.54) is 54.5 Å². The molecule has 1 saturated heterocycles. The first kappa shape index (κ1) is 17.2. The minimum atomic E-state index is 0.163. The van der Waals surface area contributed by atoms with Gasteiger partial charge >= 0.3 is 0 Å². The lowest BCUT2D eigenvalue weighted by atomic mass is 9.75. The Bertz CT molecular complexity index is 944. The molecule has 0 unspecified atom stereocenters. The molecule has 3 aliphatic rings. The van der Waals surface area contributed by atoms with E-state index in [-0.39, 0.29) is 11.2 Å². The highest BCUT2D eigenvalue weighted by Gasteiger charge is 2.36. The quantitative estimate of drug-likeness (QED) is 0.824. The topological polar surface area (TPSA) is 37.6 Å². The predicted octanol–water partition coefficient (Wildman–Crippen LogP) is 4.09. The summed E-state index contributed by atoms with van der Waals surface area (Å²) >= 11 is 0. The van der Waals surface area contributed by atoms with Gasteiger partial charge in [-0.05, 0) is 50.3 Å². The molecule has 1 fully saturated rings. The summed E-state index contributed by atoms with van der Waals surface area (Å²) in [5, 5.41) is 1.17. The van der Waals surface area contributed by atoms with Crippen LogP contribution in [0.1, 0.15) is 61.1 Å². The fraction of sp³-hybridized carbons (Fsp3) is 0.565. The lowest BCUT2D eigenvalue weighted by Gasteiger charge is -2.32. The average molecular weight is 364 g/mol. The van der Waals surface area contributed by atoms with E-state index in [9.17, 15) is 4.79 Å². The molecule has 0 atom stereocenters. The van der Waals surface area contributed by atoms with Crippen LogP contribution < -0.4 is 0 Å². The van der Waals surface area contributed by atoms with Crippen LogP contribution in [0.4, 0.5) is 0 Å². The van der Waals surface area contributed by atoms with Crippen LogP contribution in [-0.2, 0) is 13.0 Å². The number of aromatic nitrogens is 1.